The molecule has 0 fully saturated rings. The first-order valence-corrected chi connectivity index (χ1v) is 6.68. The highest BCUT2D eigenvalue weighted by atomic mass is 79.9. The molecule has 0 radical (unpaired) electrons. The Bertz CT molecular complexity index is 528. The molecular weight excluding hydrogens is 314 g/mol. The monoisotopic (exact) mass is 325 g/mol. The van der Waals surface area contributed by atoms with Crippen molar-refractivity contribution in [2.75, 3.05) is 12.4 Å². The van der Waals surface area contributed by atoms with Gasteiger partial charge < -0.3 is 10.1 Å². The maximum Gasteiger partial charge on any atom is 0.119 e. The average Bonchev–Trinajstić information content (AvgIpc) is 2.41. The molecule has 0 unspecified atom stereocenters. The van der Waals surface area contributed by atoms with Crippen molar-refractivity contribution in [1.82, 2.24) is 0 Å². The predicted molar refractivity (Wildman–Crippen MR) is 79.5 cm³/mol. The molecule has 0 aromatic heterocycles. The Kier molecular flexibility index (Phi) is 4.50. The Labute approximate surface area is 120 Å². The molecule has 4 heteroatoms. The highest BCUT2D eigenvalue weighted by Gasteiger charge is 1.99. The Morgan fingerprint density at radius 2 is 1.89 bits per heavy atom. The zero-order valence-corrected chi connectivity index (χ0v) is 12.3. The normalized spacial score (nSPS) is 10.2. The van der Waals surface area contributed by atoms with E-state index >= 15 is 0 Å². The van der Waals surface area contributed by atoms with E-state index in [2.05, 4.69) is 21.2 Å². The van der Waals surface area contributed by atoms with Gasteiger partial charge >= 0.3 is 0 Å². The summed E-state index contributed by atoms with van der Waals surface area (Å²) in [7, 11) is 1.66. The van der Waals surface area contributed by atoms with Crippen LogP contribution in [-0.4, -0.2) is 7.11 Å². The average molecular weight is 327 g/mol. The van der Waals surface area contributed by atoms with Gasteiger partial charge in [0.1, 0.15) is 5.75 Å². The fourth-order valence-electron chi connectivity index (χ4n) is 1.56. The Hall–Kier alpha value is -1.19. The van der Waals surface area contributed by atoms with Gasteiger partial charge in [-0.25, -0.2) is 0 Å². The Balaban J connectivity index is 1.99. The number of ether oxygens (including phenoxy) is 1. The first-order chi connectivity index (χ1) is 8.69. The number of methoxy groups -OCH3 is 1. The van der Waals surface area contributed by atoms with E-state index < -0.39 is 0 Å². The molecule has 0 saturated carbocycles. The maximum absolute atomic E-state index is 6.04. The molecular formula is C14H13BrClNO. The van der Waals surface area contributed by atoms with Gasteiger partial charge in [0.2, 0.25) is 0 Å². The third kappa shape index (κ3) is 3.40. The van der Waals surface area contributed by atoms with E-state index in [9.17, 15) is 0 Å². The van der Waals surface area contributed by atoms with E-state index in [0.717, 1.165) is 33.0 Å². The molecule has 0 aliphatic heterocycles. The minimum atomic E-state index is 0.726. The molecule has 2 aromatic carbocycles. The van der Waals surface area contributed by atoms with E-state index in [1.807, 2.05) is 42.5 Å². The zero-order valence-electron chi connectivity index (χ0n) is 9.91. The lowest BCUT2D eigenvalue weighted by Crippen LogP contribution is -1.99. The molecule has 0 saturated heterocycles. The van der Waals surface area contributed by atoms with Crippen LogP contribution in [-0.2, 0) is 6.54 Å². The van der Waals surface area contributed by atoms with Crippen molar-refractivity contribution >= 4 is 33.2 Å². The molecule has 1 N–H and O–H groups in total. The summed E-state index contributed by atoms with van der Waals surface area (Å²) in [5, 5.41) is 4.06. The molecule has 0 spiro atoms. The number of benzene rings is 2. The van der Waals surface area contributed by atoms with Crippen molar-refractivity contribution in [3.8, 4) is 5.75 Å². The fraction of sp³-hybridized carbons (Fsp3) is 0.143. The summed E-state index contributed by atoms with van der Waals surface area (Å²) in [6.07, 6.45) is 0. The second kappa shape index (κ2) is 6.12. The summed E-state index contributed by atoms with van der Waals surface area (Å²) >= 11 is 9.42. The maximum atomic E-state index is 6.04. The molecule has 0 atom stereocenters. The number of hydrogen-bond acceptors (Lipinski definition) is 2. The molecule has 2 aromatic rings. The van der Waals surface area contributed by atoms with Gasteiger partial charge in [-0.2, -0.15) is 0 Å². The highest BCUT2D eigenvalue weighted by molar-refractivity contribution is 9.10. The summed E-state index contributed by atoms with van der Waals surface area (Å²) < 4.78 is 6.02. The lowest BCUT2D eigenvalue weighted by atomic mass is 10.2. The van der Waals surface area contributed by atoms with Crippen LogP contribution in [0.4, 0.5) is 5.69 Å². The molecule has 18 heavy (non-hydrogen) atoms. The highest BCUT2D eigenvalue weighted by Crippen LogP contribution is 2.23. The third-order valence-corrected chi connectivity index (χ3v) is 3.80. The van der Waals surface area contributed by atoms with Crippen LogP contribution < -0.4 is 10.1 Å². The Morgan fingerprint density at radius 1 is 1.17 bits per heavy atom. The van der Waals surface area contributed by atoms with Crippen LogP contribution in [0.2, 0.25) is 5.02 Å². The second-order valence-electron chi connectivity index (χ2n) is 3.83. The number of anilines is 1. The first kappa shape index (κ1) is 13.2. The molecule has 0 bridgehead atoms. The number of rotatable bonds is 4. The van der Waals surface area contributed by atoms with Crippen LogP contribution in [0.3, 0.4) is 0 Å². The smallest absolute Gasteiger partial charge is 0.119 e. The summed E-state index contributed by atoms with van der Waals surface area (Å²) in [6, 6.07) is 13.8. The van der Waals surface area contributed by atoms with Crippen LogP contribution in [0.25, 0.3) is 0 Å². The first-order valence-electron chi connectivity index (χ1n) is 5.51. The predicted octanol–water partition coefficient (Wildman–Crippen LogP) is 4.72. The topological polar surface area (TPSA) is 21.3 Å². The van der Waals surface area contributed by atoms with Gasteiger partial charge in [-0.3, -0.25) is 0 Å². The van der Waals surface area contributed by atoms with E-state index in [4.69, 9.17) is 16.3 Å². The SMILES string of the molecule is COc1ccc(NCc2ccc(Br)c(Cl)c2)cc1. The summed E-state index contributed by atoms with van der Waals surface area (Å²) in [5.41, 5.74) is 2.19. The van der Waals surface area contributed by atoms with Crippen molar-refractivity contribution in [3.63, 3.8) is 0 Å². The van der Waals surface area contributed by atoms with Crippen LogP contribution >= 0.6 is 27.5 Å². The molecule has 0 aliphatic rings. The van der Waals surface area contributed by atoms with Crippen LogP contribution in [0.5, 0.6) is 5.75 Å². The van der Waals surface area contributed by atoms with Crippen molar-refractivity contribution in [2.45, 2.75) is 6.54 Å². The van der Waals surface area contributed by atoms with E-state index in [0.29, 0.717) is 0 Å². The molecule has 0 heterocycles. The molecule has 0 aliphatic carbocycles. The lowest BCUT2D eigenvalue weighted by Gasteiger charge is -2.08. The molecule has 94 valence electrons. The van der Waals surface area contributed by atoms with Gasteiger partial charge in [0.15, 0.2) is 0 Å². The van der Waals surface area contributed by atoms with Crippen molar-refractivity contribution < 1.29 is 4.74 Å². The van der Waals surface area contributed by atoms with E-state index in [1.54, 1.807) is 7.11 Å². The van der Waals surface area contributed by atoms with E-state index in [1.165, 1.54) is 0 Å². The largest absolute Gasteiger partial charge is 0.497 e. The fourth-order valence-corrected chi connectivity index (χ4v) is 2.01. The second-order valence-corrected chi connectivity index (χ2v) is 5.09. The van der Waals surface area contributed by atoms with Crippen LogP contribution in [0.15, 0.2) is 46.9 Å². The van der Waals surface area contributed by atoms with Gasteiger partial charge in [-0.15, -0.1) is 0 Å². The van der Waals surface area contributed by atoms with Gasteiger partial charge in [0, 0.05) is 16.7 Å². The van der Waals surface area contributed by atoms with Crippen LogP contribution in [0.1, 0.15) is 5.56 Å². The minimum absolute atomic E-state index is 0.726. The van der Waals surface area contributed by atoms with Gasteiger partial charge in [0.25, 0.3) is 0 Å². The summed E-state index contributed by atoms with van der Waals surface area (Å²) in [4.78, 5) is 0. The van der Waals surface area contributed by atoms with Gasteiger partial charge in [-0.05, 0) is 57.9 Å². The summed E-state index contributed by atoms with van der Waals surface area (Å²) in [5.74, 6) is 0.854. The van der Waals surface area contributed by atoms with Gasteiger partial charge in [0.05, 0.1) is 12.1 Å². The molecule has 0 amide bonds. The Morgan fingerprint density at radius 3 is 2.50 bits per heavy atom. The quantitative estimate of drug-likeness (QED) is 0.877. The molecule has 2 nitrogen and oxygen atoms in total. The summed E-state index contributed by atoms with van der Waals surface area (Å²) in [6.45, 7) is 0.735. The third-order valence-electron chi connectivity index (χ3n) is 2.57. The van der Waals surface area contributed by atoms with E-state index in [-0.39, 0.29) is 0 Å². The number of halogens is 2. The number of nitrogens with one attached hydrogen (secondary N) is 1. The molecule has 2 rings (SSSR count). The minimum Gasteiger partial charge on any atom is -0.497 e. The van der Waals surface area contributed by atoms with Crippen molar-refractivity contribution in [1.29, 1.82) is 0 Å². The number of hydrogen-bond donors (Lipinski definition) is 1. The van der Waals surface area contributed by atoms with Crippen molar-refractivity contribution in [2.24, 2.45) is 0 Å². The lowest BCUT2D eigenvalue weighted by molar-refractivity contribution is 0.415. The van der Waals surface area contributed by atoms with Crippen LogP contribution in [0, 0.1) is 0 Å². The van der Waals surface area contributed by atoms with Gasteiger partial charge in [-0.1, -0.05) is 17.7 Å². The van der Waals surface area contributed by atoms with Crippen molar-refractivity contribution in [3.05, 3.63) is 57.5 Å². The zero-order chi connectivity index (χ0) is 13.0. The standard InChI is InChI=1S/C14H13BrClNO/c1-18-12-5-3-11(4-6-12)17-9-10-2-7-13(15)14(16)8-10/h2-8,17H,9H2,1H3.